The molecule has 1 aromatic carbocycles. The number of carbonyl (C=O) groups excluding carboxylic acids is 1. The second-order valence-electron chi connectivity index (χ2n) is 6.28. The van der Waals surface area contributed by atoms with Gasteiger partial charge in [0.15, 0.2) is 0 Å². The smallest absolute Gasteiger partial charge is 0.326 e. The molecule has 0 aliphatic rings. The maximum Gasteiger partial charge on any atom is 0.328 e. The molecule has 9 heteroatoms. The van der Waals surface area contributed by atoms with Gasteiger partial charge < -0.3 is 15.2 Å². The highest BCUT2D eigenvalue weighted by Gasteiger charge is 2.05. The second-order valence-corrected chi connectivity index (χ2v) is 6.28. The van der Waals surface area contributed by atoms with Crippen molar-refractivity contribution in [3.8, 4) is 0 Å². The number of hydrogen-bond donors (Lipinski definition) is 3. The number of benzene rings is 1. The van der Waals surface area contributed by atoms with Gasteiger partial charge in [-0.2, -0.15) is 0 Å². The first-order chi connectivity index (χ1) is 13.4. The molecule has 28 heavy (non-hydrogen) atoms. The normalized spacial score (nSPS) is 10.5. The van der Waals surface area contributed by atoms with Crippen LogP contribution in [0.2, 0.25) is 0 Å². The number of nitrogens with zero attached hydrogens (tertiary/aromatic N) is 3. The Morgan fingerprint density at radius 2 is 1.68 bits per heavy atom. The minimum atomic E-state index is -0.538. The predicted octanol–water partition coefficient (Wildman–Crippen LogP) is 1.72. The number of H-pyrrole nitrogens is 1. The van der Waals surface area contributed by atoms with E-state index < -0.39 is 11.2 Å². The van der Waals surface area contributed by atoms with E-state index in [-0.39, 0.29) is 18.9 Å². The molecule has 0 aliphatic heterocycles. The van der Waals surface area contributed by atoms with Crippen molar-refractivity contribution in [1.82, 2.24) is 19.5 Å². The van der Waals surface area contributed by atoms with Gasteiger partial charge in [0.25, 0.3) is 5.56 Å². The molecule has 0 aliphatic carbocycles. The number of aryl methyl sites for hydroxylation is 3. The van der Waals surface area contributed by atoms with Crippen LogP contribution in [-0.4, -0.2) is 25.4 Å². The van der Waals surface area contributed by atoms with Gasteiger partial charge in [0, 0.05) is 48.0 Å². The zero-order chi connectivity index (χ0) is 20.1. The van der Waals surface area contributed by atoms with Gasteiger partial charge in [0.05, 0.1) is 0 Å². The average Bonchev–Trinajstić information content (AvgIpc) is 2.62. The molecular weight excluding hydrogens is 360 g/mol. The lowest BCUT2D eigenvalue weighted by atomic mass is 10.2. The Hall–Kier alpha value is -3.75. The summed E-state index contributed by atoms with van der Waals surface area (Å²) in [5.74, 6) is 0.275. The molecule has 0 bridgehead atoms. The Bertz CT molecular complexity index is 1080. The van der Waals surface area contributed by atoms with Gasteiger partial charge in [0.1, 0.15) is 0 Å². The molecule has 0 spiro atoms. The lowest BCUT2D eigenvalue weighted by Gasteiger charge is -2.09. The number of carbonyl (C=O) groups is 1. The third kappa shape index (κ3) is 5.13. The first kappa shape index (κ1) is 19.0. The highest BCUT2D eigenvalue weighted by molar-refractivity contribution is 5.90. The highest BCUT2D eigenvalue weighted by atomic mass is 16.2. The van der Waals surface area contributed by atoms with E-state index >= 15 is 0 Å². The molecule has 0 saturated carbocycles. The quantitative estimate of drug-likeness (QED) is 0.598. The van der Waals surface area contributed by atoms with Crippen LogP contribution in [0.5, 0.6) is 0 Å². The first-order valence-electron chi connectivity index (χ1n) is 8.68. The van der Waals surface area contributed by atoms with Crippen molar-refractivity contribution in [2.45, 2.75) is 26.8 Å². The molecule has 0 atom stereocenters. The Morgan fingerprint density at radius 1 is 1.04 bits per heavy atom. The van der Waals surface area contributed by atoms with Crippen molar-refractivity contribution < 1.29 is 4.79 Å². The summed E-state index contributed by atoms with van der Waals surface area (Å²) in [5, 5.41) is 5.89. The number of rotatable bonds is 6. The van der Waals surface area contributed by atoms with Crippen molar-refractivity contribution in [2.24, 2.45) is 0 Å². The van der Waals surface area contributed by atoms with Crippen LogP contribution in [0.15, 0.2) is 52.2 Å². The SMILES string of the molecule is Cc1cc(C)nc(Nc2ccc(NC(=O)CCn3ccc(=O)[nH]c3=O)cc2)n1. The van der Waals surface area contributed by atoms with E-state index in [1.54, 1.807) is 12.1 Å². The van der Waals surface area contributed by atoms with Crippen molar-refractivity contribution >= 4 is 23.2 Å². The molecular formula is C19H20N6O3. The van der Waals surface area contributed by atoms with Gasteiger partial charge in [-0.05, 0) is 44.2 Å². The molecule has 0 unspecified atom stereocenters. The Kier molecular flexibility index (Phi) is 5.64. The van der Waals surface area contributed by atoms with E-state index in [9.17, 15) is 14.4 Å². The van der Waals surface area contributed by atoms with Crippen LogP contribution in [0.4, 0.5) is 17.3 Å². The van der Waals surface area contributed by atoms with E-state index in [1.807, 2.05) is 32.0 Å². The van der Waals surface area contributed by atoms with Crippen LogP contribution >= 0.6 is 0 Å². The summed E-state index contributed by atoms with van der Waals surface area (Å²) in [5.41, 5.74) is 2.17. The van der Waals surface area contributed by atoms with Crippen molar-refractivity contribution in [2.75, 3.05) is 10.6 Å². The highest BCUT2D eigenvalue weighted by Crippen LogP contribution is 2.17. The number of amides is 1. The Balaban J connectivity index is 1.56. The summed E-state index contributed by atoms with van der Waals surface area (Å²) in [7, 11) is 0. The number of hydrogen-bond acceptors (Lipinski definition) is 6. The average molecular weight is 380 g/mol. The standard InChI is InChI=1S/C19H20N6O3/c1-12-11-13(2)21-18(20-12)23-15-5-3-14(4-6-15)22-16(26)7-9-25-10-8-17(27)24-19(25)28/h3-6,8,10-11H,7,9H2,1-2H3,(H,22,26)(H,20,21,23)(H,24,27,28). The van der Waals surface area contributed by atoms with Crippen molar-refractivity contribution in [1.29, 1.82) is 0 Å². The zero-order valence-electron chi connectivity index (χ0n) is 15.5. The summed E-state index contributed by atoms with van der Waals surface area (Å²) in [6, 6.07) is 10.3. The summed E-state index contributed by atoms with van der Waals surface area (Å²) < 4.78 is 1.28. The van der Waals surface area contributed by atoms with E-state index in [0.29, 0.717) is 11.6 Å². The van der Waals surface area contributed by atoms with Crippen LogP contribution in [0, 0.1) is 13.8 Å². The van der Waals surface area contributed by atoms with E-state index in [0.717, 1.165) is 17.1 Å². The van der Waals surface area contributed by atoms with Crippen LogP contribution in [-0.2, 0) is 11.3 Å². The van der Waals surface area contributed by atoms with Gasteiger partial charge in [-0.25, -0.2) is 14.8 Å². The molecule has 144 valence electrons. The summed E-state index contributed by atoms with van der Waals surface area (Å²) in [6.45, 7) is 3.98. The van der Waals surface area contributed by atoms with Gasteiger partial charge in [-0.15, -0.1) is 0 Å². The fraction of sp³-hybridized carbons (Fsp3) is 0.211. The van der Waals surface area contributed by atoms with Gasteiger partial charge in [-0.3, -0.25) is 14.6 Å². The molecule has 0 fully saturated rings. The minimum absolute atomic E-state index is 0.0996. The Morgan fingerprint density at radius 3 is 2.32 bits per heavy atom. The minimum Gasteiger partial charge on any atom is -0.326 e. The third-order valence-corrected chi connectivity index (χ3v) is 3.88. The third-order valence-electron chi connectivity index (χ3n) is 3.88. The summed E-state index contributed by atoms with van der Waals surface area (Å²) in [6.07, 6.45) is 1.46. The van der Waals surface area contributed by atoms with Crippen LogP contribution in [0.3, 0.4) is 0 Å². The number of nitrogens with one attached hydrogen (secondary N) is 3. The predicted molar refractivity (Wildman–Crippen MR) is 106 cm³/mol. The molecule has 2 aromatic heterocycles. The molecule has 3 N–H and O–H groups in total. The number of aromatic amines is 1. The molecule has 3 aromatic rings. The van der Waals surface area contributed by atoms with E-state index in [2.05, 4.69) is 25.6 Å². The lowest BCUT2D eigenvalue weighted by Crippen LogP contribution is -2.29. The fourth-order valence-electron chi connectivity index (χ4n) is 2.61. The maximum absolute atomic E-state index is 12.1. The van der Waals surface area contributed by atoms with E-state index in [4.69, 9.17) is 0 Å². The molecule has 1 amide bonds. The monoisotopic (exact) mass is 380 g/mol. The van der Waals surface area contributed by atoms with Gasteiger partial charge in [0.2, 0.25) is 11.9 Å². The Labute approximate surface area is 160 Å². The van der Waals surface area contributed by atoms with Gasteiger partial charge >= 0.3 is 5.69 Å². The number of aromatic nitrogens is 4. The lowest BCUT2D eigenvalue weighted by molar-refractivity contribution is -0.116. The van der Waals surface area contributed by atoms with Crippen molar-refractivity contribution in [3.63, 3.8) is 0 Å². The zero-order valence-corrected chi connectivity index (χ0v) is 15.5. The summed E-state index contributed by atoms with van der Waals surface area (Å²) >= 11 is 0. The van der Waals surface area contributed by atoms with Crippen molar-refractivity contribution in [3.05, 3.63) is 74.8 Å². The molecule has 9 nitrogen and oxygen atoms in total. The molecule has 0 saturated heterocycles. The molecule has 0 radical (unpaired) electrons. The summed E-state index contributed by atoms with van der Waals surface area (Å²) in [4.78, 5) is 45.5. The number of anilines is 3. The largest absolute Gasteiger partial charge is 0.328 e. The first-order valence-corrected chi connectivity index (χ1v) is 8.68. The van der Waals surface area contributed by atoms with Crippen LogP contribution in [0.1, 0.15) is 17.8 Å². The van der Waals surface area contributed by atoms with E-state index in [1.165, 1.54) is 16.8 Å². The fourth-order valence-corrected chi connectivity index (χ4v) is 2.61. The van der Waals surface area contributed by atoms with Crippen LogP contribution in [0.25, 0.3) is 0 Å². The molecule has 3 rings (SSSR count). The van der Waals surface area contributed by atoms with Crippen LogP contribution < -0.4 is 21.9 Å². The maximum atomic E-state index is 12.1. The molecule has 2 heterocycles. The topological polar surface area (TPSA) is 122 Å². The second kappa shape index (κ2) is 8.30. The van der Waals surface area contributed by atoms with Gasteiger partial charge in [-0.1, -0.05) is 0 Å².